The summed E-state index contributed by atoms with van der Waals surface area (Å²) < 4.78 is 8.16. The normalized spacial score (nSPS) is 20.6. The summed E-state index contributed by atoms with van der Waals surface area (Å²) in [5.41, 5.74) is 1.71. The van der Waals surface area contributed by atoms with Crippen molar-refractivity contribution >= 4 is 28.4 Å². The van der Waals surface area contributed by atoms with Gasteiger partial charge < -0.3 is 14.2 Å². The number of rotatable bonds is 2. The zero-order valence-corrected chi connectivity index (χ0v) is 14.1. The predicted molar refractivity (Wildman–Crippen MR) is 91.4 cm³/mol. The molecule has 0 N–H and O–H groups in total. The molecule has 1 fully saturated rings. The molecule has 1 aromatic carbocycles. The van der Waals surface area contributed by atoms with E-state index in [9.17, 15) is 4.79 Å². The van der Waals surface area contributed by atoms with E-state index in [-0.39, 0.29) is 12.0 Å². The van der Waals surface area contributed by atoms with E-state index < -0.39 is 0 Å². The van der Waals surface area contributed by atoms with Crippen LogP contribution in [0.3, 0.4) is 0 Å². The molecular formula is C18H21ClN2O2. The van der Waals surface area contributed by atoms with Gasteiger partial charge in [-0.15, -0.1) is 0 Å². The van der Waals surface area contributed by atoms with Gasteiger partial charge in [-0.1, -0.05) is 18.5 Å². The van der Waals surface area contributed by atoms with Crippen LogP contribution in [0, 0.1) is 0 Å². The average Bonchev–Trinajstić information content (AvgIpc) is 2.99. The summed E-state index contributed by atoms with van der Waals surface area (Å²) in [4.78, 5) is 15.0. The molecule has 23 heavy (non-hydrogen) atoms. The molecule has 3 heterocycles. The Hall–Kier alpha value is -1.68. The van der Waals surface area contributed by atoms with Crippen molar-refractivity contribution in [2.45, 2.75) is 45.3 Å². The summed E-state index contributed by atoms with van der Waals surface area (Å²) in [6.07, 6.45) is 4.43. The van der Waals surface area contributed by atoms with Gasteiger partial charge in [-0.25, -0.2) is 0 Å². The summed E-state index contributed by atoms with van der Waals surface area (Å²) in [6.45, 7) is 4.53. The molecule has 1 atom stereocenters. The van der Waals surface area contributed by atoms with Crippen molar-refractivity contribution in [3.8, 4) is 5.75 Å². The maximum Gasteiger partial charge on any atom is 0.270 e. The van der Waals surface area contributed by atoms with Gasteiger partial charge in [0, 0.05) is 18.5 Å². The van der Waals surface area contributed by atoms with E-state index in [0.717, 1.165) is 54.7 Å². The lowest BCUT2D eigenvalue weighted by atomic mass is 10.1. The molecule has 4 nitrogen and oxygen atoms in total. The van der Waals surface area contributed by atoms with Crippen LogP contribution in [-0.2, 0) is 6.54 Å². The fourth-order valence-electron chi connectivity index (χ4n) is 3.67. The van der Waals surface area contributed by atoms with E-state index in [1.165, 1.54) is 6.42 Å². The molecule has 0 bridgehead atoms. The number of piperidine rings is 1. The molecule has 5 heteroatoms. The zero-order chi connectivity index (χ0) is 16.0. The van der Waals surface area contributed by atoms with Gasteiger partial charge >= 0.3 is 0 Å². The highest BCUT2D eigenvalue weighted by Gasteiger charge is 2.29. The second kappa shape index (κ2) is 5.75. The van der Waals surface area contributed by atoms with Gasteiger partial charge in [0.05, 0.1) is 17.1 Å². The molecule has 0 radical (unpaired) electrons. The minimum absolute atomic E-state index is 0.104. The third-order valence-electron chi connectivity index (χ3n) is 4.97. The Bertz CT molecular complexity index is 762. The van der Waals surface area contributed by atoms with Gasteiger partial charge in [0.15, 0.2) is 0 Å². The van der Waals surface area contributed by atoms with Crippen molar-refractivity contribution in [2.75, 3.05) is 13.1 Å². The van der Waals surface area contributed by atoms with Crippen LogP contribution in [0.25, 0.3) is 10.9 Å². The molecule has 4 rings (SSSR count). The average molecular weight is 333 g/mol. The number of benzene rings is 1. The van der Waals surface area contributed by atoms with Gasteiger partial charge in [-0.2, -0.15) is 0 Å². The van der Waals surface area contributed by atoms with E-state index in [2.05, 4.69) is 11.5 Å². The highest BCUT2D eigenvalue weighted by molar-refractivity contribution is 6.36. The molecule has 0 aliphatic carbocycles. The number of hydrogen-bond acceptors (Lipinski definition) is 2. The van der Waals surface area contributed by atoms with Crippen LogP contribution >= 0.6 is 11.6 Å². The molecule has 1 aromatic heterocycles. The number of carbonyl (C=O) groups excluding carboxylic acids is 1. The summed E-state index contributed by atoms with van der Waals surface area (Å²) in [5.74, 6) is 0.958. The van der Waals surface area contributed by atoms with Crippen LogP contribution in [-0.4, -0.2) is 34.6 Å². The molecule has 1 amide bonds. The van der Waals surface area contributed by atoms with E-state index in [0.29, 0.717) is 11.6 Å². The minimum Gasteiger partial charge on any atom is -0.486 e. The molecule has 2 aromatic rings. The van der Waals surface area contributed by atoms with Crippen LogP contribution in [0.15, 0.2) is 18.2 Å². The van der Waals surface area contributed by atoms with Crippen molar-refractivity contribution in [2.24, 2.45) is 0 Å². The maximum atomic E-state index is 13.0. The lowest BCUT2D eigenvalue weighted by Gasteiger charge is -2.29. The van der Waals surface area contributed by atoms with Crippen LogP contribution in [0.2, 0.25) is 5.02 Å². The predicted octanol–water partition coefficient (Wildman–Crippen LogP) is 4.09. The molecule has 122 valence electrons. The molecular weight excluding hydrogens is 312 g/mol. The smallest absolute Gasteiger partial charge is 0.270 e. The van der Waals surface area contributed by atoms with E-state index in [4.69, 9.17) is 16.3 Å². The number of hydrogen-bond donors (Lipinski definition) is 0. The molecule has 1 unspecified atom stereocenters. The topological polar surface area (TPSA) is 34.5 Å². The first kappa shape index (κ1) is 14.9. The number of likely N-dealkylation sites (tertiary alicyclic amines) is 1. The van der Waals surface area contributed by atoms with Crippen LogP contribution in [0.4, 0.5) is 0 Å². The largest absolute Gasteiger partial charge is 0.486 e. The van der Waals surface area contributed by atoms with E-state index >= 15 is 0 Å². The maximum absolute atomic E-state index is 13.0. The van der Waals surface area contributed by atoms with Crippen molar-refractivity contribution < 1.29 is 9.53 Å². The number of halogens is 1. The molecule has 0 saturated carbocycles. The minimum atomic E-state index is 0.104. The molecule has 2 aliphatic heterocycles. The first-order valence-corrected chi connectivity index (χ1v) is 8.84. The summed E-state index contributed by atoms with van der Waals surface area (Å²) in [7, 11) is 0. The molecule has 2 aliphatic rings. The van der Waals surface area contributed by atoms with Crippen LogP contribution in [0.5, 0.6) is 5.75 Å². The Kier molecular flexibility index (Phi) is 3.72. The first-order valence-electron chi connectivity index (χ1n) is 8.46. The summed E-state index contributed by atoms with van der Waals surface area (Å²) in [5, 5.41) is 1.59. The second-order valence-corrected chi connectivity index (χ2v) is 6.86. The number of amides is 1. The fourth-order valence-corrected chi connectivity index (χ4v) is 3.88. The Labute approximate surface area is 141 Å². The SMILES string of the molecule is CCC1Cn2c(C(=O)N3CCCCC3)cc3c(Cl)ccc(c32)O1. The zero-order valence-electron chi connectivity index (χ0n) is 13.3. The quantitative estimate of drug-likeness (QED) is 0.830. The lowest BCUT2D eigenvalue weighted by Crippen LogP contribution is -2.37. The summed E-state index contributed by atoms with van der Waals surface area (Å²) in [6, 6.07) is 5.72. The highest BCUT2D eigenvalue weighted by Crippen LogP contribution is 2.38. The van der Waals surface area contributed by atoms with Gasteiger partial charge in [0.2, 0.25) is 0 Å². The van der Waals surface area contributed by atoms with E-state index in [1.807, 2.05) is 23.1 Å². The number of aromatic nitrogens is 1. The van der Waals surface area contributed by atoms with Gasteiger partial charge in [0.25, 0.3) is 5.91 Å². The van der Waals surface area contributed by atoms with Gasteiger partial charge in [0.1, 0.15) is 17.5 Å². The van der Waals surface area contributed by atoms with Crippen molar-refractivity contribution in [3.05, 3.63) is 28.9 Å². The first-order chi connectivity index (χ1) is 11.2. The monoisotopic (exact) mass is 332 g/mol. The fraction of sp³-hybridized carbons (Fsp3) is 0.500. The standard InChI is InChI=1S/C18H21ClN2O2/c1-2-12-11-21-15(18(22)20-8-4-3-5-9-20)10-13-14(19)6-7-16(23-12)17(13)21/h6-7,10,12H,2-5,8-9,11H2,1H3. The third-order valence-corrected chi connectivity index (χ3v) is 5.30. The Morgan fingerprint density at radius 1 is 1.30 bits per heavy atom. The second-order valence-electron chi connectivity index (χ2n) is 6.45. The Morgan fingerprint density at radius 2 is 2.09 bits per heavy atom. The molecule has 1 saturated heterocycles. The van der Waals surface area contributed by atoms with Crippen molar-refractivity contribution in [3.63, 3.8) is 0 Å². The number of nitrogens with zero attached hydrogens (tertiary/aromatic N) is 2. The molecule has 0 spiro atoms. The van der Waals surface area contributed by atoms with E-state index in [1.54, 1.807) is 0 Å². The lowest BCUT2D eigenvalue weighted by molar-refractivity contribution is 0.0708. The van der Waals surface area contributed by atoms with Crippen LogP contribution in [0.1, 0.15) is 43.1 Å². The van der Waals surface area contributed by atoms with Crippen LogP contribution < -0.4 is 4.74 Å². The number of ether oxygens (including phenoxy) is 1. The highest BCUT2D eigenvalue weighted by atomic mass is 35.5. The Balaban J connectivity index is 1.83. The summed E-state index contributed by atoms with van der Waals surface area (Å²) >= 11 is 6.36. The van der Waals surface area contributed by atoms with Crippen molar-refractivity contribution in [1.82, 2.24) is 9.47 Å². The Morgan fingerprint density at radius 3 is 2.83 bits per heavy atom. The van der Waals surface area contributed by atoms with Gasteiger partial charge in [-0.05, 0) is 43.9 Å². The third kappa shape index (κ3) is 2.40. The van der Waals surface area contributed by atoms with Gasteiger partial charge in [-0.3, -0.25) is 4.79 Å². The number of carbonyl (C=O) groups is 1. The van der Waals surface area contributed by atoms with Crippen molar-refractivity contribution in [1.29, 1.82) is 0 Å².